The third-order valence-corrected chi connectivity index (χ3v) is 5.38. The number of aromatic amines is 1. The average molecular weight is 295 g/mol. The van der Waals surface area contributed by atoms with E-state index >= 15 is 0 Å². The van der Waals surface area contributed by atoms with Crippen LogP contribution in [0.25, 0.3) is 21.7 Å². The van der Waals surface area contributed by atoms with Crippen LogP contribution in [0.15, 0.2) is 30.3 Å². The van der Waals surface area contributed by atoms with Crippen molar-refractivity contribution in [2.75, 3.05) is 5.73 Å². The second kappa shape index (κ2) is 4.74. The predicted octanol–water partition coefficient (Wildman–Crippen LogP) is 4.18. The van der Waals surface area contributed by atoms with Crippen LogP contribution in [0.4, 0.5) is 5.82 Å². The lowest BCUT2D eigenvalue weighted by atomic mass is 10.0. The maximum Gasteiger partial charge on any atom is 0.153 e. The number of nitrogen functional groups attached to an aromatic ring is 1. The fourth-order valence-electron chi connectivity index (χ4n) is 3.00. The molecule has 0 unspecified atom stereocenters. The smallest absolute Gasteiger partial charge is 0.153 e. The maximum absolute atomic E-state index is 6.10. The van der Waals surface area contributed by atoms with Gasteiger partial charge in [-0.2, -0.15) is 5.10 Å². The first kappa shape index (κ1) is 12.7. The molecule has 0 aliphatic heterocycles. The van der Waals surface area contributed by atoms with Crippen molar-refractivity contribution in [3.63, 3.8) is 0 Å². The molecule has 3 aromatic rings. The highest BCUT2D eigenvalue weighted by molar-refractivity contribution is 7.15. The van der Waals surface area contributed by atoms with E-state index in [4.69, 9.17) is 5.73 Å². The highest BCUT2D eigenvalue weighted by atomic mass is 32.1. The number of H-pyrrole nitrogens is 1. The zero-order chi connectivity index (χ0) is 14.4. The van der Waals surface area contributed by atoms with E-state index < -0.39 is 0 Å². The summed E-state index contributed by atoms with van der Waals surface area (Å²) < 4.78 is 0. The van der Waals surface area contributed by atoms with Gasteiger partial charge in [-0.25, -0.2) is 0 Å². The molecule has 0 fully saturated rings. The Bertz CT molecular complexity index is 775. The second-order valence-corrected chi connectivity index (χ2v) is 6.77. The Morgan fingerprint density at radius 2 is 2.00 bits per heavy atom. The highest BCUT2D eigenvalue weighted by Crippen LogP contribution is 2.41. The minimum atomic E-state index is 0.572. The Hall–Kier alpha value is -2.07. The van der Waals surface area contributed by atoms with Crippen LogP contribution in [0.1, 0.15) is 22.4 Å². The average Bonchev–Trinajstić information content (AvgIpc) is 3.13. The van der Waals surface area contributed by atoms with E-state index in [0.717, 1.165) is 16.8 Å². The van der Waals surface area contributed by atoms with Crippen molar-refractivity contribution in [1.29, 1.82) is 0 Å². The molecule has 1 aliphatic carbocycles. The van der Waals surface area contributed by atoms with Crippen molar-refractivity contribution in [3.05, 3.63) is 46.3 Å². The number of hydrogen-bond acceptors (Lipinski definition) is 3. The fourth-order valence-corrected chi connectivity index (χ4v) is 4.25. The number of thiophene rings is 1. The molecule has 3 N–H and O–H groups in total. The number of aryl methyl sites for hydroxylation is 3. The largest absolute Gasteiger partial charge is 0.382 e. The standard InChI is InChI=1S/C17H17N3S/c1-10-5-7-11(8-6-10)15-16(19-20-17(15)18)14-9-12-3-2-4-13(12)21-14/h5-9H,2-4H2,1H3,(H3,18,19,20). The summed E-state index contributed by atoms with van der Waals surface area (Å²) in [6, 6.07) is 10.8. The van der Waals surface area contributed by atoms with Crippen molar-refractivity contribution in [2.45, 2.75) is 26.2 Å². The Balaban J connectivity index is 1.84. The molecule has 0 atom stereocenters. The Morgan fingerprint density at radius 1 is 1.19 bits per heavy atom. The van der Waals surface area contributed by atoms with Gasteiger partial charge in [0.05, 0.1) is 16.1 Å². The summed E-state index contributed by atoms with van der Waals surface area (Å²) in [5.74, 6) is 0.572. The van der Waals surface area contributed by atoms with Gasteiger partial charge in [-0.1, -0.05) is 29.8 Å². The topological polar surface area (TPSA) is 54.7 Å². The highest BCUT2D eigenvalue weighted by Gasteiger charge is 2.20. The van der Waals surface area contributed by atoms with Crippen LogP contribution in [0.5, 0.6) is 0 Å². The minimum absolute atomic E-state index is 0.572. The molecule has 0 radical (unpaired) electrons. The zero-order valence-corrected chi connectivity index (χ0v) is 12.8. The predicted molar refractivity (Wildman–Crippen MR) is 88.5 cm³/mol. The summed E-state index contributed by atoms with van der Waals surface area (Å²) >= 11 is 1.87. The van der Waals surface area contributed by atoms with Crippen molar-refractivity contribution in [3.8, 4) is 21.7 Å². The molecular formula is C17H17N3S. The summed E-state index contributed by atoms with van der Waals surface area (Å²) in [5, 5.41) is 7.36. The normalized spacial score (nSPS) is 13.6. The molecule has 4 rings (SSSR count). The van der Waals surface area contributed by atoms with Gasteiger partial charge in [0.15, 0.2) is 5.82 Å². The molecule has 2 aromatic heterocycles. The number of aromatic nitrogens is 2. The Kier molecular flexibility index (Phi) is 2.86. The van der Waals surface area contributed by atoms with E-state index in [1.54, 1.807) is 0 Å². The van der Waals surface area contributed by atoms with Gasteiger partial charge in [0, 0.05) is 4.88 Å². The van der Waals surface area contributed by atoms with Crippen LogP contribution >= 0.6 is 11.3 Å². The van der Waals surface area contributed by atoms with Crippen molar-refractivity contribution >= 4 is 17.2 Å². The molecule has 0 amide bonds. The third-order valence-electron chi connectivity index (χ3n) is 4.13. The number of hydrogen-bond donors (Lipinski definition) is 2. The molecule has 1 aromatic carbocycles. The number of fused-ring (bicyclic) bond motifs is 1. The number of benzene rings is 1. The van der Waals surface area contributed by atoms with Crippen LogP contribution in [0.2, 0.25) is 0 Å². The Labute approximate surface area is 127 Å². The number of anilines is 1. The third kappa shape index (κ3) is 2.07. The molecule has 2 heterocycles. The van der Waals surface area contributed by atoms with Gasteiger partial charge in [0.25, 0.3) is 0 Å². The van der Waals surface area contributed by atoms with Crippen molar-refractivity contribution in [1.82, 2.24) is 10.2 Å². The molecule has 21 heavy (non-hydrogen) atoms. The summed E-state index contributed by atoms with van der Waals surface area (Å²) in [4.78, 5) is 2.77. The molecule has 0 saturated heterocycles. The van der Waals surface area contributed by atoms with Crippen molar-refractivity contribution in [2.24, 2.45) is 0 Å². The molecule has 0 saturated carbocycles. The molecule has 0 spiro atoms. The first-order chi connectivity index (χ1) is 10.2. The lowest BCUT2D eigenvalue weighted by Crippen LogP contribution is -1.88. The van der Waals surface area contributed by atoms with Gasteiger partial charge >= 0.3 is 0 Å². The van der Waals surface area contributed by atoms with Gasteiger partial charge < -0.3 is 5.73 Å². The summed E-state index contributed by atoms with van der Waals surface area (Å²) in [6.07, 6.45) is 3.70. The first-order valence-electron chi connectivity index (χ1n) is 7.25. The van der Waals surface area contributed by atoms with E-state index in [0.29, 0.717) is 5.82 Å². The van der Waals surface area contributed by atoms with E-state index in [1.165, 1.54) is 40.1 Å². The summed E-state index contributed by atoms with van der Waals surface area (Å²) in [6.45, 7) is 2.09. The molecule has 106 valence electrons. The van der Waals surface area contributed by atoms with Gasteiger partial charge in [0.1, 0.15) is 0 Å². The van der Waals surface area contributed by atoms with E-state index in [9.17, 15) is 0 Å². The monoisotopic (exact) mass is 295 g/mol. The Morgan fingerprint density at radius 3 is 2.76 bits per heavy atom. The van der Waals surface area contributed by atoms with Crippen LogP contribution in [-0.4, -0.2) is 10.2 Å². The molecule has 3 nitrogen and oxygen atoms in total. The summed E-state index contributed by atoms with van der Waals surface area (Å²) in [5.41, 5.74) is 12.0. The van der Waals surface area contributed by atoms with Gasteiger partial charge in [-0.15, -0.1) is 11.3 Å². The number of rotatable bonds is 2. The van der Waals surface area contributed by atoms with E-state index in [1.807, 2.05) is 11.3 Å². The molecule has 0 bridgehead atoms. The number of nitrogens with one attached hydrogen (secondary N) is 1. The number of nitrogens with zero attached hydrogens (tertiary/aromatic N) is 1. The molecular weight excluding hydrogens is 278 g/mol. The SMILES string of the molecule is Cc1ccc(-c2c(N)n[nH]c2-c2cc3c(s2)CCC3)cc1. The van der Waals surface area contributed by atoms with Crippen LogP contribution in [-0.2, 0) is 12.8 Å². The maximum atomic E-state index is 6.10. The van der Waals surface area contributed by atoms with Gasteiger partial charge in [0.2, 0.25) is 0 Å². The second-order valence-electron chi connectivity index (χ2n) is 5.64. The van der Waals surface area contributed by atoms with Crippen LogP contribution in [0.3, 0.4) is 0 Å². The van der Waals surface area contributed by atoms with Gasteiger partial charge in [-0.3, -0.25) is 5.10 Å². The van der Waals surface area contributed by atoms with Crippen LogP contribution in [0, 0.1) is 6.92 Å². The van der Waals surface area contributed by atoms with Crippen molar-refractivity contribution < 1.29 is 0 Å². The minimum Gasteiger partial charge on any atom is -0.382 e. The number of nitrogens with two attached hydrogens (primary N) is 1. The zero-order valence-electron chi connectivity index (χ0n) is 11.9. The lowest BCUT2D eigenvalue weighted by molar-refractivity contribution is 0.915. The summed E-state index contributed by atoms with van der Waals surface area (Å²) in [7, 11) is 0. The van der Waals surface area contributed by atoms with Gasteiger partial charge in [-0.05, 0) is 43.4 Å². The van der Waals surface area contributed by atoms with E-state index in [-0.39, 0.29) is 0 Å². The first-order valence-corrected chi connectivity index (χ1v) is 8.07. The fraction of sp³-hybridized carbons (Fsp3) is 0.235. The van der Waals surface area contributed by atoms with E-state index in [2.05, 4.69) is 47.5 Å². The molecule has 4 heteroatoms. The lowest BCUT2D eigenvalue weighted by Gasteiger charge is -2.04. The molecule has 1 aliphatic rings. The van der Waals surface area contributed by atoms with Crippen LogP contribution < -0.4 is 5.73 Å². The quantitative estimate of drug-likeness (QED) is 0.745.